The number of nitrogens with zero attached hydrogens (tertiary/aromatic N) is 4. The number of aryl methyl sites for hydroxylation is 1. The Morgan fingerprint density at radius 1 is 1.30 bits per heavy atom. The Bertz CT molecular complexity index is 610. The van der Waals surface area contributed by atoms with Gasteiger partial charge in [0.2, 0.25) is 0 Å². The van der Waals surface area contributed by atoms with E-state index in [0.29, 0.717) is 5.41 Å². The lowest BCUT2D eigenvalue weighted by Crippen LogP contribution is -2.21. The topological polar surface area (TPSA) is 69.6 Å². The summed E-state index contributed by atoms with van der Waals surface area (Å²) in [5.41, 5.74) is 9.15. The van der Waals surface area contributed by atoms with E-state index in [-0.39, 0.29) is 0 Å². The van der Waals surface area contributed by atoms with Gasteiger partial charge in [-0.25, -0.2) is 4.68 Å². The highest BCUT2D eigenvalue weighted by Crippen LogP contribution is 2.39. The molecule has 0 radical (unpaired) electrons. The molecule has 5 nitrogen and oxygen atoms in total. The molecule has 2 aromatic rings. The summed E-state index contributed by atoms with van der Waals surface area (Å²) in [7, 11) is 0. The van der Waals surface area contributed by atoms with Gasteiger partial charge in [-0.3, -0.25) is 0 Å². The SMILES string of the molecule is Cc1ccc(-c2nnnn2CC2(C)CCCC2)cc1N. The van der Waals surface area contributed by atoms with Gasteiger partial charge >= 0.3 is 0 Å². The van der Waals surface area contributed by atoms with E-state index in [1.54, 1.807) is 0 Å². The van der Waals surface area contributed by atoms with Gasteiger partial charge in [-0.15, -0.1) is 5.10 Å². The van der Waals surface area contributed by atoms with Crippen LogP contribution in [0.2, 0.25) is 0 Å². The van der Waals surface area contributed by atoms with E-state index in [2.05, 4.69) is 22.4 Å². The Hall–Kier alpha value is -1.91. The van der Waals surface area contributed by atoms with Crippen LogP contribution in [-0.2, 0) is 6.54 Å². The third kappa shape index (κ3) is 2.40. The first-order valence-electron chi connectivity index (χ1n) is 7.20. The summed E-state index contributed by atoms with van der Waals surface area (Å²) < 4.78 is 1.93. The highest BCUT2D eigenvalue weighted by molar-refractivity contribution is 5.63. The van der Waals surface area contributed by atoms with Gasteiger partial charge in [-0.1, -0.05) is 31.9 Å². The van der Waals surface area contributed by atoms with Crippen molar-refractivity contribution in [2.24, 2.45) is 5.41 Å². The van der Waals surface area contributed by atoms with Crippen molar-refractivity contribution >= 4 is 5.69 Å². The van der Waals surface area contributed by atoms with Crippen LogP contribution in [0.3, 0.4) is 0 Å². The summed E-state index contributed by atoms with van der Waals surface area (Å²) in [6.45, 7) is 5.21. The summed E-state index contributed by atoms with van der Waals surface area (Å²) in [6, 6.07) is 6.00. The molecule has 0 amide bonds. The molecule has 0 bridgehead atoms. The molecule has 0 saturated heterocycles. The Morgan fingerprint density at radius 2 is 2.05 bits per heavy atom. The number of aromatic nitrogens is 4. The molecular weight excluding hydrogens is 250 g/mol. The lowest BCUT2D eigenvalue weighted by atomic mass is 9.89. The minimum atomic E-state index is 0.320. The first kappa shape index (κ1) is 13.1. The molecule has 1 aromatic heterocycles. The van der Waals surface area contributed by atoms with Crippen molar-refractivity contribution in [2.45, 2.75) is 46.1 Å². The van der Waals surface area contributed by atoms with Crippen LogP contribution in [0.4, 0.5) is 5.69 Å². The second-order valence-electron chi connectivity index (χ2n) is 6.25. The average molecular weight is 271 g/mol. The zero-order valence-corrected chi connectivity index (χ0v) is 12.1. The maximum Gasteiger partial charge on any atom is 0.182 e. The van der Waals surface area contributed by atoms with Crippen LogP contribution < -0.4 is 5.73 Å². The van der Waals surface area contributed by atoms with Gasteiger partial charge in [0.05, 0.1) is 6.54 Å². The molecule has 106 valence electrons. The fraction of sp³-hybridized carbons (Fsp3) is 0.533. The molecule has 2 N–H and O–H groups in total. The van der Waals surface area contributed by atoms with Gasteiger partial charge < -0.3 is 5.73 Å². The van der Waals surface area contributed by atoms with E-state index >= 15 is 0 Å². The van der Waals surface area contributed by atoms with E-state index < -0.39 is 0 Å². The van der Waals surface area contributed by atoms with E-state index in [4.69, 9.17) is 5.73 Å². The van der Waals surface area contributed by atoms with Crippen molar-refractivity contribution in [1.29, 1.82) is 0 Å². The molecule has 0 aliphatic heterocycles. The summed E-state index contributed by atoms with van der Waals surface area (Å²) in [5.74, 6) is 0.810. The Kier molecular flexibility index (Phi) is 3.20. The van der Waals surface area contributed by atoms with E-state index in [1.165, 1.54) is 25.7 Å². The van der Waals surface area contributed by atoms with Crippen molar-refractivity contribution in [2.75, 3.05) is 5.73 Å². The molecule has 1 aliphatic rings. The quantitative estimate of drug-likeness (QED) is 0.871. The third-order valence-corrected chi connectivity index (χ3v) is 4.41. The molecule has 1 aliphatic carbocycles. The standard InChI is InChI=1S/C15H21N5/c1-11-5-6-12(9-13(11)16)14-17-18-19-20(14)10-15(2)7-3-4-8-15/h5-6,9H,3-4,7-8,10,16H2,1-2H3. The molecular formula is C15H21N5. The maximum atomic E-state index is 5.99. The predicted molar refractivity (Wildman–Crippen MR) is 79.0 cm³/mol. The predicted octanol–water partition coefficient (Wildman–Crippen LogP) is 2.81. The molecule has 1 saturated carbocycles. The third-order valence-electron chi connectivity index (χ3n) is 4.41. The van der Waals surface area contributed by atoms with Gasteiger partial charge in [-0.05, 0) is 47.2 Å². The Balaban J connectivity index is 1.91. The lowest BCUT2D eigenvalue weighted by molar-refractivity contribution is 0.267. The van der Waals surface area contributed by atoms with Crippen LogP contribution in [0.15, 0.2) is 18.2 Å². The molecule has 0 atom stereocenters. The first-order valence-corrected chi connectivity index (χ1v) is 7.20. The van der Waals surface area contributed by atoms with Crippen LogP contribution in [0.5, 0.6) is 0 Å². The number of rotatable bonds is 3. The molecule has 1 fully saturated rings. The fourth-order valence-corrected chi connectivity index (χ4v) is 3.05. The maximum absolute atomic E-state index is 5.99. The molecule has 5 heteroatoms. The van der Waals surface area contributed by atoms with Gasteiger partial charge in [0.1, 0.15) is 0 Å². The minimum absolute atomic E-state index is 0.320. The zero-order chi connectivity index (χ0) is 14.2. The number of anilines is 1. The number of nitrogens with two attached hydrogens (primary N) is 1. The fourth-order valence-electron chi connectivity index (χ4n) is 3.05. The molecule has 1 heterocycles. The average Bonchev–Trinajstić information content (AvgIpc) is 3.03. The Labute approximate surface area is 119 Å². The van der Waals surface area contributed by atoms with Crippen molar-refractivity contribution in [3.8, 4) is 11.4 Å². The summed E-state index contributed by atoms with van der Waals surface area (Å²) in [4.78, 5) is 0. The highest BCUT2D eigenvalue weighted by atomic mass is 15.5. The van der Waals surface area contributed by atoms with Crippen molar-refractivity contribution < 1.29 is 0 Å². The number of hydrogen-bond donors (Lipinski definition) is 1. The van der Waals surface area contributed by atoms with Crippen molar-refractivity contribution in [1.82, 2.24) is 20.2 Å². The van der Waals surface area contributed by atoms with E-state index in [0.717, 1.165) is 29.2 Å². The van der Waals surface area contributed by atoms with Crippen LogP contribution in [-0.4, -0.2) is 20.2 Å². The van der Waals surface area contributed by atoms with Crippen molar-refractivity contribution in [3.05, 3.63) is 23.8 Å². The van der Waals surface area contributed by atoms with Crippen LogP contribution in [0.25, 0.3) is 11.4 Å². The van der Waals surface area contributed by atoms with Crippen LogP contribution in [0.1, 0.15) is 38.2 Å². The van der Waals surface area contributed by atoms with Gasteiger partial charge in [0, 0.05) is 11.3 Å². The monoisotopic (exact) mass is 271 g/mol. The minimum Gasteiger partial charge on any atom is -0.398 e. The Morgan fingerprint density at radius 3 is 2.75 bits per heavy atom. The van der Waals surface area contributed by atoms with Gasteiger partial charge in [0.15, 0.2) is 5.82 Å². The summed E-state index contributed by atoms with van der Waals surface area (Å²) in [6.07, 6.45) is 5.13. The number of benzene rings is 1. The summed E-state index contributed by atoms with van der Waals surface area (Å²) >= 11 is 0. The van der Waals surface area contributed by atoms with Crippen molar-refractivity contribution in [3.63, 3.8) is 0 Å². The molecule has 3 rings (SSSR count). The molecule has 0 unspecified atom stereocenters. The number of tetrazole rings is 1. The molecule has 0 spiro atoms. The lowest BCUT2D eigenvalue weighted by Gasteiger charge is -2.23. The number of hydrogen-bond acceptors (Lipinski definition) is 4. The zero-order valence-electron chi connectivity index (χ0n) is 12.1. The largest absolute Gasteiger partial charge is 0.398 e. The van der Waals surface area contributed by atoms with Crippen LogP contribution >= 0.6 is 0 Å². The molecule has 1 aromatic carbocycles. The van der Waals surface area contributed by atoms with Crippen LogP contribution in [0, 0.1) is 12.3 Å². The van der Waals surface area contributed by atoms with Gasteiger partial charge in [0.25, 0.3) is 0 Å². The molecule has 20 heavy (non-hydrogen) atoms. The first-order chi connectivity index (χ1) is 9.57. The second kappa shape index (κ2) is 4.89. The normalized spacial score (nSPS) is 17.5. The van der Waals surface area contributed by atoms with E-state index in [9.17, 15) is 0 Å². The highest BCUT2D eigenvalue weighted by Gasteiger charge is 2.30. The second-order valence-corrected chi connectivity index (χ2v) is 6.25. The summed E-state index contributed by atoms with van der Waals surface area (Å²) in [5, 5.41) is 12.2. The number of nitrogen functional groups attached to an aromatic ring is 1. The van der Waals surface area contributed by atoms with E-state index in [1.807, 2.05) is 29.8 Å². The van der Waals surface area contributed by atoms with Gasteiger partial charge in [-0.2, -0.15) is 0 Å². The smallest absolute Gasteiger partial charge is 0.182 e.